The van der Waals surface area contributed by atoms with Crippen LogP contribution in [0.4, 0.5) is 0 Å². The van der Waals surface area contributed by atoms with E-state index in [0.717, 1.165) is 19.1 Å². The molecule has 0 aromatic rings. The van der Waals surface area contributed by atoms with Crippen LogP contribution < -0.4 is 0 Å². The Labute approximate surface area is 78.2 Å². The quantitative estimate of drug-likeness (QED) is 0.334. The predicted molar refractivity (Wildman–Crippen MR) is 39.1 cm³/mol. The Bertz CT molecular complexity index is 278. The number of aliphatic hydroxyl groups is 3. The molecule has 0 radical (unpaired) electrons. The second-order valence-electron chi connectivity index (χ2n) is 2.76. The van der Waals surface area contributed by atoms with Crippen molar-refractivity contribution in [1.82, 2.24) is 0 Å². The van der Waals surface area contributed by atoms with Crippen LogP contribution in [0.5, 0.6) is 0 Å². The summed E-state index contributed by atoms with van der Waals surface area (Å²) in [5.41, 5.74) is 0. The SMILES string of the molecule is CC1(C(O)(O)O)OC(=O)C=CC(=O)O1. The molecule has 0 unspecified atom stereocenters. The lowest BCUT2D eigenvalue weighted by Gasteiger charge is -2.33. The maximum atomic E-state index is 10.8. The Morgan fingerprint density at radius 1 is 1.14 bits per heavy atom. The Hall–Kier alpha value is -1.44. The number of esters is 2. The highest BCUT2D eigenvalue weighted by molar-refractivity contribution is 5.93. The van der Waals surface area contributed by atoms with Gasteiger partial charge in [-0.25, -0.2) is 9.59 Å². The summed E-state index contributed by atoms with van der Waals surface area (Å²) in [5.74, 6) is -8.10. The van der Waals surface area contributed by atoms with Crippen LogP contribution in [0.15, 0.2) is 12.2 Å². The van der Waals surface area contributed by atoms with E-state index < -0.39 is 23.7 Å². The molecule has 0 atom stereocenters. The van der Waals surface area contributed by atoms with Gasteiger partial charge in [-0.3, -0.25) is 0 Å². The van der Waals surface area contributed by atoms with Gasteiger partial charge in [-0.15, -0.1) is 0 Å². The lowest BCUT2D eigenvalue weighted by molar-refractivity contribution is -0.437. The molecular weight excluding hydrogens is 196 g/mol. The van der Waals surface area contributed by atoms with Crippen LogP contribution >= 0.6 is 0 Å². The molecule has 1 heterocycles. The van der Waals surface area contributed by atoms with E-state index >= 15 is 0 Å². The van der Waals surface area contributed by atoms with E-state index in [0.29, 0.717) is 0 Å². The van der Waals surface area contributed by atoms with Gasteiger partial charge in [-0.05, 0) is 0 Å². The molecule has 0 aromatic carbocycles. The monoisotopic (exact) mass is 204 g/mol. The van der Waals surface area contributed by atoms with E-state index in [1.54, 1.807) is 0 Å². The summed E-state index contributed by atoms with van der Waals surface area (Å²) < 4.78 is 8.63. The third-order valence-corrected chi connectivity index (χ3v) is 1.56. The topological polar surface area (TPSA) is 113 Å². The molecule has 14 heavy (non-hydrogen) atoms. The van der Waals surface area contributed by atoms with E-state index in [-0.39, 0.29) is 0 Å². The van der Waals surface area contributed by atoms with Gasteiger partial charge in [-0.2, -0.15) is 0 Å². The Kier molecular flexibility index (Phi) is 2.32. The van der Waals surface area contributed by atoms with Crippen LogP contribution in [0.2, 0.25) is 0 Å². The van der Waals surface area contributed by atoms with Gasteiger partial charge < -0.3 is 24.8 Å². The first-order chi connectivity index (χ1) is 6.24. The summed E-state index contributed by atoms with van der Waals surface area (Å²) in [5, 5.41) is 26.4. The van der Waals surface area contributed by atoms with Crippen molar-refractivity contribution in [2.75, 3.05) is 0 Å². The predicted octanol–water partition coefficient (Wildman–Crippen LogP) is -2.01. The third kappa shape index (κ3) is 1.90. The first kappa shape index (κ1) is 10.6. The summed E-state index contributed by atoms with van der Waals surface area (Å²) in [6, 6.07) is 0. The van der Waals surface area contributed by atoms with Gasteiger partial charge >= 0.3 is 23.7 Å². The molecule has 0 spiro atoms. The first-order valence-corrected chi connectivity index (χ1v) is 3.56. The lowest BCUT2D eigenvalue weighted by Crippen LogP contribution is -2.56. The number of hydrogen-bond donors (Lipinski definition) is 3. The zero-order chi connectivity index (χ0) is 11.0. The molecule has 0 bridgehead atoms. The molecular formula is C7H8O7. The van der Waals surface area contributed by atoms with E-state index in [2.05, 4.69) is 9.47 Å². The summed E-state index contributed by atoms with van der Waals surface area (Å²) >= 11 is 0. The van der Waals surface area contributed by atoms with E-state index in [9.17, 15) is 9.59 Å². The summed E-state index contributed by atoms with van der Waals surface area (Å²) in [6.07, 6.45) is 1.47. The molecule has 0 saturated carbocycles. The zero-order valence-corrected chi connectivity index (χ0v) is 7.13. The molecule has 0 aliphatic carbocycles. The maximum Gasteiger partial charge on any atom is 0.357 e. The van der Waals surface area contributed by atoms with Crippen LogP contribution in [0.3, 0.4) is 0 Å². The van der Waals surface area contributed by atoms with Gasteiger partial charge in [0.15, 0.2) is 0 Å². The van der Waals surface area contributed by atoms with Crippen LogP contribution in [0.25, 0.3) is 0 Å². The van der Waals surface area contributed by atoms with Crippen molar-refractivity contribution >= 4 is 11.9 Å². The smallest absolute Gasteiger partial charge is 0.357 e. The standard InChI is InChI=1S/C7H8O7/c1-6(7(10,11)12)13-4(8)2-3-5(9)14-6/h2-3,10-12H,1H3. The third-order valence-electron chi connectivity index (χ3n) is 1.56. The molecule has 1 aliphatic rings. The molecule has 1 rings (SSSR count). The molecule has 0 aromatic heterocycles. The highest BCUT2D eigenvalue weighted by Gasteiger charge is 2.53. The first-order valence-electron chi connectivity index (χ1n) is 3.56. The minimum atomic E-state index is -3.47. The van der Waals surface area contributed by atoms with E-state index in [4.69, 9.17) is 15.3 Å². The number of carbonyl (C=O) groups excluding carboxylic acids is 2. The normalized spacial score (nSPS) is 21.1. The Balaban J connectivity index is 3.01. The van der Waals surface area contributed by atoms with Crippen molar-refractivity contribution < 1.29 is 34.4 Å². The minimum absolute atomic E-state index is 0.735. The van der Waals surface area contributed by atoms with Gasteiger partial charge in [-0.1, -0.05) is 0 Å². The van der Waals surface area contributed by atoms with Crippen LogP contribution in [-0.4, -0.2) is 39.0 Å². The van der Waals surface area contributed by atoms with Crippen molar-refractivity contribution in [3.8, 4) is 0 Å². The molecule has 0 amide bonds. The molecule has 78 valence electrons. The van der Waals surface area contributed by atoms with Gasteiger partial charge in [0.25, 0.3) is 0 Å². The Morgan fingerprint density at radius 3 is 1.79 bits per heavy atom. The van der Waals surface area contributed by atoms with E-state index in [1.807, 2.05) is 0 Å². The van der Waals surface area contributed by atoms with E-state index in [1.165, 1.54) is 0 Å². The van der Waals surface area contributed by atoms with Crippen LogP contribution in [-0.2, 0) is 19.1 Å². The highest BCUT2D eigenvalue weighted by Crippen LogP contribution is 2.25. The molecule has 0 fully saturated rings. The van der Waals surface area contributed by atoms with Gasteiger partial charge in [0.05, 0.1) is 0 Å². The molecule has 3 N–H and O–H groups in total. The number of ether oxygens (including phenoxy) is 2. The number of rotatable bonds is 1. The average molecular weight is 204 g/mol. The summed E-state index contributed by atoms with van der Waals surface area (Å²) in [6.45, 7) is 0.829. The molecule has 7 nitrogen and oxygen atoms in total. The van der Waals surface area contributed by atoms with Crippen LogP contribution in [0.1, 0.15) is 6.92 Å². The van der Waals surface area contributed by atoms with Crippen molar-refractivity contribution in [1.29, 1.82) is 0 Å². The summed E-state index contributed by atoms with van der Waals surface area (Å²) in [4.78, 5) is 21.6. The van der Waals surface area contributed by atoms with Gasteiger partial charge in [0.1, 0.15) is 0 Å². The molecule has 0 saturated heterocycles. The highest BCUT2D eigenvalue weighted by atomic mass is 16.8. The second-order valence-corrected chi connectivity index (χ2v) is 2.76. The van der Waals surface area contributed by atoms with Crippen molar-refractivity contribution in [3.05, 3.63) is 12.2 Å². The minimum Gasteiger partial charge on any atom is -0.411 e. The van der Waals surface area contributed by atoms with Gasteiger partial charge in [0, 0.05) is 19.1 Å². The largest absolute Gasteiger partial charge is 0.411 e. The van der Waals surface area contributed by atoms with Crippen molar-refractivity contribution in [2.45, 2.75) is 18.7 Å². The van der Waals surface area contributed by atoms with Crippen LogP contribution in [0, 0.1) is 0 Å². The number of carbonyl (C=O) groups is 2. The van der Waals surface area contributed by atoms with Crippen molar-refractivity contribution in [3.63, 3.8) is 0 Å². The fraction of sp³-hybridized carbons (Fsp3) is 0.429. The lowest BCUT2D eigenvalue weighted by atomic mass is 10.2. The van der Waals surface area contributed by atoms with Crippen molar-refractivity contribution in [2.24, 2.45) is 0 Å². The van der Waals surface area contributed by atoms with Gasteiger partial charge in [0.2, 0.25) is 0 Å². The fourth-order valence-corrected chi connectivity index (χ4v) is 0.746. The summed E-state index contributed by atoms with van der Waals surface area (Å²) in [7, 11) is 0. The molecule has 7 heteroatoms. The number of hydrogen-bond acceptors (Lipinski definition) is 7. The zero-order valence-electron chi connectivity index (χ0n) is 7.13. The molecule has 1 aliphatic heterocycles. The Morgan fingerprint density at radius 2 is 1.50 bits per heavy atom. The average Bonchev–Trinajstić information content (AvgIpc) is 2.09. The second kappa shape index (κ2) is 3.05. The number of cyclic esters (lactones) is 2. The fourth-order valence-electron chi connectivity index (χ4n) is 0.746. The maximum absolute atomic E-state index is 10.8.